The van der Waals surface area contributed by atoms with Crippen molar-refractivity contribution >= 4 is 17.2 Å². The number of rotatable bonds is 6. The highest BCUT2D eigenvalue weighted by Gasteiger charge is 2.04. The molecule has 0 unspecified atom stereocenters. The van der Waals surface area contributed by atoms with Crippen molar-refractivity contribution in [3.8, 4) is 0 Å². The molecule has 2 rings (SSSR count). The van der Waals surface area contributed by atoms with Crippen LogP contribution in [-0.4, -0.2) is 22.2 Å². The zero-order valence-corrected chi connectivity index (χ0v) is 12.2. The number of aryl methyl sites for hydroxylation is 3. The summed E-state index contributed by atoms with van der Waals surface area (Å²) in [5.41, 5.74) is 2.21. The fourth-order valence-electron chi connectivity index (χ4n) is 1.99. The maximum atomic E-state index is 11.7. The van der Waals surface area contributed by atoms with Crippen LogP contribution in [-0.2, 0) is 17.8 Å². The maximum absolute atomic E-state index is 11.7. The molecule has 19 heavy (non-hydrogen) atoms. The van der Waals surface area contributed by atoms with Gasteiger partial charge in [-0.25, -0.2) is 0 Å². The summed E-state index contributed by atoms with van der Waals surface area (Å²) in [6.07, 6.45) is 1.38. The number of thiophene rings is 1. The summed E-state index contributed by atoms with van der Waals surface area (Å²) < 4.78 is 1.99. The van der Waals surface area contributed by atoms with Gasteiger partial charge >= 0.3 is 0 Å². The third-order valence-corrected chi connectivity index (χ3v) is 3.76. The van der Waals surface area contributed by atoms with Crippen LogP contribution in [0.5, 0.6) is 0 Å². The summed E-state index contributed by atoms with van der Waals surface area (Å²) in [6, 6.07) is 6.02. The Labute approximate surface area is 117 Å². The molecule has 0 radical (unpaired) electrons. The van der Waals surface area contributed by atoms with Crippen LogP contribution in [0.25, 0.3) is 0 Å². The average Bonchev–Trinajstić information content (AvgIpc) is 2.95. The molecular weight excluding hydrogens is 258 g/mol. The molecule has 1 N–H and O–H groups in total. The summed E-state index contributed by atoms with van der Waals surface area (Å²) in [6.45, 7) is 5.59. The average molecular weight is 277 g/mol. The van der Waals surface area contributed by atoms with Gasteiger partial charge in [0.2, 0.25) is 5.91 Å². The number of nitrogens with one attached hydrogen (secondary N) is 1. The van der Waals surface area contributed by atoms with Gasteiger partial charge < -0.3 is 5.32 Å². The smallest absolute Gasteiger partial charge is 0.225 e. The van der Waals surface area contributed by atoms with Crippen LogP contribution in [0.15, 0.2) is 23.6 Å². The van der Waals surface area contributed by atoms with Crippen LogP contribution in [0.4, 0.5) is 0 Å². The highest BCUT2D eigenvalue weighted by Crippen LogP contribution is 2.08. The number of aromatic nitrogens is 2. The summed E-state index contributed by atoms with van der Waals surface area (Å²) in [5, 5.41) is 9.33. The Balaban J connectivity index is 1.66. The standard InChI is InChI=1S/C14H19N3OS/c1-11-9-12(2)17(16-11)7-4-6-15-14(18)10-13-5-3-8-19-13/h3,5,8-9H,4,6-7,10H2,1-2H3,(H,15,18). The molecule has 2 aromatic rings. The van der Waals surface area contributed by atoms with Gasteiger partial charge in [-0.3, -0.25) is 9.48 Å². The van der Waals surface area contributed by atoms with Gasteiger partial charge in [-0.1, -0.05) is 6.07 Å². The van der Waals surface area contributed by atoms with Gasteiger partial charge in [-0.2, -0.15) is 5.10 Å². The number of carbonyl (C=O) groups is 1. The SMILES string of the molecule is Cc1cc(C)n(CCCNC(=O)Cc2cccs2)n1. The van der Waals surface area contributed by atoms with E-state index in [-0.39, 0.29) is 5.91 Å². The second kappa shape index (κ2) is 6.52. The minimum absolute atomic E-state index is 0.0933. The predicted octanol–water partition coefficient (Wildman–Crippen LogP) is 2.31. The molecular formula is C14H19N3OS. The lowest BCUT2D eigenvalue weighted by Crippen LogP contribution is -2.26. The molecule has 2 aromatic heterocycles. The Kier molecular flexibility index (Phi) is 4.74. The largest absolute Gasteiger partial charge is 0.356 e. The molecule has 0 bridgehead atoms. The summed E-state index contributed by atoms with van der Waals surface area (Å²) in [4.78, 5) is 12.8. The minimum atomic E-state index is 0.0933. The van der Waals surface area contributed by atoms with Crippen molar-refractivity contribution < 1.29 is 4.79 Å². The van der Waals surface area contributed by atoms with Gasteiger partial charge in [-0.05, 0) is 37.8 Å². The highest BCUT2D eigenvalue weighted by atomic mass is 32.1. The molecule has 0 aliphatic heterocycles. The third-order valence-electron chi connectivity index (χ3n) is 2.89. The molecule has 0 fully saturated rings. The quantitative estimate of drug-likeness (QED) is 0.824. The van der Waals surface area contributed by atoms with E-state index in [9.17, 15) is 4.79 Å². The highest BCUT2D eigenvalue weighted by molar-refractivity contribution is 7.10. The van der Waals surface area contributed by atoms with Gasteiger partial charge in [0, 0.05) is 23.7 Å². The number of hydrogen-bond acceptors (Lipinski definition) is 3. The van der Waals surface area contributed by atoms with Crippen LogP contribution < -0.4 is 5.32 Å². The van der Waals surface area contributed by atoms with Gasteiger partial charge in [0.1, 0.15) is 0 Å². The second-order valence-corrected chi connectivity index (χ2v) is 5.64. The van der Waals surface area contributed by atoms with E-state index in [2.05, 4.69) is 23.4 Å². The molecule has 0 saturated carbocycles. The molecule has 102 valence electrons. The van der Waals surface area contributed by atoms with E-state index in [0.717, 1.165) is 23.5 Å². The molecule has 0 aliphatic carbocycles. The lowest BCUT2D eigenvalue weighted by atomic mass is 10.3. The first-order valence-corrected chi connectivity index (χ1v) is 7.33. The number of hydrogen-bond donors (Lipinski definition) is 1. The molecule has 5 heteroatoms. The first kappa shape index (κ1) is 13.8. The lowest BCUT2D eigenvalue weighted by molar-refractivity contribution is -0.120. The van der Waals surface area contributed by atoms with Crippen molar-refractivity contribution in [1.29, 1.82) is 0 Å². The van der Waals surface area contributed by atoms with Crippen LogP contribution in [0.2, 0.25) is 0 Å². The van der Waals surface area contributed by atoms with Gasteiger partial charge in [0.05, 0.1) is 12.1 Å². The number of carbonyl (C=O) groups excluding carboxylic acids is 1. The van der Waals surface area contributed by atoms with E-state index in [1.165, 1.54) is 5.69 Å². The molecule has 1 amide bonds. The molecule has 2 heterocycles. The molecule has 4 nitrogen and oxygen atoms in total. The van der Waals surface area contributed by atoms with Crippen molar-refractivity contribution in [3.05, 3.63) is 39.8 Å². The Morgan fingerprint density at radius 3 is 2.95 bits per heavy atom. The van der Waals surface area contributed by atoms with E-state index in [0.29, 0.717) is 13.0 Å². The van der Waals surface area contributed by atoms with Crippen molar-refractivity contribution in [2.24, 2.45) is 0 Å². The zero-order chi connectivity index (χ0) is 13.7. The fraction of sp³-hybridized carbons (Fsp3) is 0.429. The van der Waals surface area contributed by atoms with E-state index in [1.54, 1.807) is 11.3 Å². The lowest BCUT2D eigenvalue weighted by Gasteiger charge is -2.06. The Bertz CT molecular complexity index is 531. The normalized spacial score (nSPS) is 10.6. The van der Waals surface area contributed by atoms with Gasteiger partial charge in [0.15, 0.2) is 0 Å². The monoisotopic (exact) mass is 277 g/mol. The second-order valence-electron chi connectivity index (χ2n) is 4.61. The topological polar surface area (TPSA) is 46.9 Å². The summed E-state index contributed by atoms with van der Waals surface area (Å²) in [5.74, 6) is 0.0933. The maximum Gasteiger partial charge on any atom is 0.225 e. The third kappa shape index (κ3) is 4.21. The number of amides is 1. The van der Waals surface area contributed by atoms with E-state index in [1.807, 2.05) is 29.1 Å². The Morgan fingerprint density at radius 2 is 2.32 bits per heavy atom. The van der Waals surface area contributed by atoms with Crippen LogP contribution in [0.1, 0.15) is 22.7 Å². The van der Waals surface area contributed by atoms with Crippen molar-refractivity contribution in [1.82, 2.24) is 15.1 Å². The fourth-order valence-corrected chi connectivity index (χ4v) is 2.70. The molecule has 0 atom stereocenters. The molecule has 0 spiro atoms. The van der Waals surface area contributed by atoms with Crippen molar-refractivity contribution in [2.75, 3.05) is 6.54 Å². The van der Waals surface area contributed by atoms with Gasteiger partial charge in [-0.15, -0.1) is 11.3 Å². The Morgan fingerprint density at radius 1 is 1.47 bits per heavy atom. The van der Waals surface area contributed by atoms with Crippen molar-refractivity contribution in [3.63, 3.8) is 0 Å². The first-order chi connectivity index (χ1) is 9.15. The van der Waals surface area contributed by atoms with Crippen LogP contribution in [0, 0.1) is 13.8 Å². The Hall–Kier alpha value is -1.62. The van der Waals surface area contributed by atoms with Crippen LogP contribution >= 0.6 is 11.3 Å². The molecule has 0 saturated heterocycles. The van der Waals surface area contributed by atoms with E-state index in [4.69, 9.17) is 0 Å². The predicted molar refractivity (Wildman–Crippen MR) is 77.4 cm³/mol. The zero-order valence-electron chi connectivity index (χ0n) is 11.3. The molecule has 0 aliphatic rings. The van der Waals surface area contributed by atoms with E-state index < -0.39 is 0 Å². The van der Waals surface area contributed by atoms with Crippen molar-refractivity contribution in [2.45, 2.75) is 33.2 Å². The van der Waals surface area contributed by atoms with E-state index >= 15 is 0 Å². The summed E-state index contributed by atoms with van der Waals surface area (Å²) >= 11 is 1.62. The molecule has 0 aromatic carbocycles. The van der Waals surface area contributed by atoms with Crippen LogP contribution in [0.3, 0.4) is 0 Å². The number of nitrogens with zero attached hydrogens (tertiary/aromatic N) is 2. The summed E-state index contributed by atoms with van der Waals surface area (Å²) in [7, 11) is 0. The first-order valence-electron chi connectivity index (χ1n) is 6.45. The van der Waals surface area contributed by atoms with Gasteiger partial charge in [0.25, 0.3) is 0 Å². The minimum Gasteiger partial charge on any atom is -0.356 e.